The van der Waals surface area contributed by atoms with Gasteiger partial charge in [-0.15, -0.1) is 11.3 Å². The minimum absolute atomic E-state index is 0.00906. The van der Waals surface area contributed by atoms with Crippen LogP contribution >= 0.6 is 11.3 Å². The highest BCUT2D eigenvalue weighted by molar-refractivity contribution is 7.17. The van der Waals surface area contributed by atoms with Crippen molar-refractivity contribution in [2.45, 2.75) is 102 Å². The number of fused-ring (bicyclic) bond motifs is 3. The molecule has 2 amide bonds. The Balaban J connectivity index is 1.40. The van der Waals surface area contributed by atoms with Crippen LogP contribution in [0.1, 0.15) is 88.0 Å². The fourth-order valence-electron chi connectivity index (χ4n) is 6.35. The third-order valence-corrected chi connectivity index (χ3v) is 9.46. The van der Waals surface area contributed by atoms with E-state index in [1.165, 1.54) is 57.8 Å². The van der Waals surface area contributed by atoms with Crippen LogP contribution < -0.4 is 5.32 Å². The van der Waals surface area contributed by atoms with Crippen LogP contribution in [0.4, 0.5) is 0 Å². The van der Waals surface area contributed by atoms with E-state index in [4.69, 9.17) is 0 Å². The smallest absolute Gasteiger partial charge is 0.271 e. The van der Waals surface area contributed by atoms with E-state index in [0.717, 1.165) is 35.3 Å². The molecule has 3 aliphatic rings. The first kappa shape index (κ1) is 23.9. The Morgan fingerprint density at radius 3 is 2.53 bits per heavy atom. The average Bonchev–Trinajstić information content (AvgIpc) is 3.33. The van der Waals surface area contributed by atoms with E-state index in [2.05, 4.69) is 33.3 Å². The number of amides is 2. The Bertz CT molecular complexity index is 1020. The van der Waals surface area contributed by atoms with Crippen molar-refractivity contribution in [1.82, 2.24) is 19.7 Å². The predicted molar refractivity (Wildman–Crippen MR) is 138 cm³/mol. The van der Waals surface area contributed by atoms with E-state index in [1.807, 2.05) is 17.9 Å². The zero-order chi connectivity index (χ0) is 23.7. The lowest BCUT2D eigenvalue weighted by Crippen LogP contribution is -2.65. The van der Waals surface area contributed by atoms with Crippen LogP contribution in [0.2, 0.25) is 0 Å². The maximum Gasteiger partial charge on any atom is 0.271 e. The van der Waals surface area contributed by atoms with E-state index in [0.29, 0.717) is 19.1 Å². The molecule has 1 aliphatic heterocycles. The average molecular weight is 485 g/mol. The quantitative estimate of drug-likeness (QED) is 0.586. The van der Waals surface area contributed by atoms with Crippen molar-refractivity contribution in [1.29, 1.82) is 0 Å². The zero-order valence-electron chi connectivity index (χ0n) is 20.9. The lowest BCUT2D eigenvalue weighted by molar-refractivity contribution is -0.133. The molecule has 2 aliphatic carbocycles. The minimum Gasteiger partial charge on any atom is -0.351 e. The summed E-state index contributed by atoms with van der Waals surface area (Å²) in [5.74, 6) is 0.000935. The first-order valence-corrected chi connectivity index (χ1v) is 14.3. The van der Waals surface area contributed by atoms with Gasteiger partial charge in [-0.2, -0.15) is 0 Å². The van der Waals surface area contributed by atoms with Crippen molar-refractivity contribution >= 4 is 33.4 Å². The first-order valence-electron chi connectivity index (χ1n) is 13.4. The molecule has 7 heteroatoms. The number of hydrogen-bond acceptors (Lipinski definition) is 4. The van der Waals surface area contributed by atoms with Crippen molar-refractivity contribution < 1.29 is 9.59 Å². The fraction of sp³-hybridized carbons (Fsp3) is 0.704. The second-order valence-corrected chi connectivity index (χ2v) is 11.9. The van der Waals surface area contributed by atoms with E-state index in [-0.39, 0.29) is 17.9 Å². The number of rotatable bonds is 6. The van der Waals surface area contributed by atoms with Crippen LogP contribution in [0.25, 0.3) is 10.2 Å². The molecule has 0 unspecified atom stereocenters. The first-order chi connectivity index (χ1) is 16.5. The molecule has 5 rings (SSSR count). The third-order valence-electron chi connectivity index (χ3n) is 8.60. The van der Waals surface area contributed by atoms with E-state index < -0.39 is 5.54 Å². The van der Waals surface area contributed by atoms with Gasteiger partial charge in [0.2, 0.25) is 5.91 Å². The fourth-order valence-corrected chi connectivity index (χ4v) is 7.17. The molecule has 0 bridgehead atoms. The molecule has 1 atom stereocenters. The Hall–Kier alpha value is -1.86. The summed E-state index contributed by atoms with van der Waals surface area (Å²) in [4.78, 5) is 32.0. The number of aromatic nitrogens is 1. The molecule has 2 fully saturated rings. The number of likely N-dealkylation sites (N-methyl/N-ethyl adjacent to an activating group) is 1. The zero-order valence-corrected chi connectivity index (χ0v) is 21.7. The normalized spacial score (nSPS) is 25.0. The maximum atomic E-state index is 13.9. The van der Waals surface area contributed by atoms with Crippen LogP contribution in [0, 0.1) is 0 Å². The number of nitrogens with one attached hydrogen (secondary N) is 1. The summed E-state index contributed by atoms with van der Waals surface area (Å²) in [5, 5.41) is 5.44. The molecular formula is C27H40N4O2S. The molecule has 1 N–H and O–H groups in total. The molecule has 34 heavy (non-hydrogen) atoms. The highest BCUT2D eigenvalue weighted by atomic mass is 32.1. The van der Waals surface area contributed by atoms with Crippen LogP contribution in [-0.4, -0.2) is 63.9 Å². The van der Waals surface area contributed by atoms with Crippen molar-refractivity contribution in [2.24, 2.45) is 0 Å². The topological polar surface area (TPSA) is 57.6 Å². The van der Waals surface area contributed by atoms with E-state index in [9.17, 15) is 9.59 Å². The van der Waals surface area contributed by atoms with Gasteiger partial charge in [-0.25, -0.2) is 0 Å². The number of carbonyl (C=O) groups excluding carboxylic acids is 2. The summed E-state index contributed by atoms with van der Waals surface area (Å²) in [6, 6.07) is 4.91. The van der Waals surface area contributed by atoms with Gasteiger partial charge in [0.25, 0.3) is 5.91 Å². The summed E-state index contributed by atoms with van der Waals surface area (Å²) in [6.07, 6.45) is 13.4. The van der Waals surface area contributed by atoms with Gasteiger partial charge in [0.1, 0.15) is 11.2 Å². The Labute approximate surface area is 207 Å². The number of carbonyl (C=O) groups is 2. The van der Waals surface area contributed by atoms with Crippen LogP contribution in [0.5, 0.6) is 0 Å². The van der Waals surface area contributed by atoms with Gasteiger partial charge in [-0.1, -0.05) is 44.9 Å². The number of thiophene rings is 1. The van der Waals surface area contributed by atoms with Crippen molar-refractivity contribution in [2.75, 3.05) is 20.1 Å². The summed E-state index contributed by atoms with van der Waals surface area (Å²) in [5.41, 5.74) is 0.903. The van der Waals surface area contributed by atoms with Crippen LogP contribution in [0.3, 0.4) is 0 Å². The van der Waals surface area contributed by atoms with Crippen molar-refractivity contribution in [3.63, 3.8) is 0 Å². The SMILES string of the molecule is CN(CCN1C(=O)c2cc3sccc3n2C[C@]1(C)C(=O)NC1CCCCCC1)C1CCCCC1. The third kappa shape index (κ3) is 4.53. The lowest BCUT2D eigenvalue weighted by Gasteiger charge is -2.45. The predicted octanol–water partition coefficient (Wildman–Crippen LogP) is 5.02. The second kappa shape index (κ2) is 10.0. The monoisotopic (exact) mass is 484 g/mol. The lowest BCUT2D eigenvalue weighted by atomic mass is 9.93. The molecular weight excluding hydrogens is 444 g/mol. The van der Waals surface area contributed by atoms with Gasteiger partial charge in [-0.3, -0.25) is 9.59 Å². The molecule has 0 aromatic carbocycles. The second-order valence-electron chi connectivity index (χ2n) is 11.0. The van der Waals surface area contributed by atoms with Crippen molar-refractivity contribution in [3.05, 3.63) is 23.2 Å². The summed E-state index contributed by atoms with van der Waals surface area (Å²) >= 11 is 1.66. The molecule has 2 saturated carbocycles. The summed E-state index contributed by atoms with van der Waals surface area (Å²) in [7, 11) is 2.19. The minimum atomic E-state index is -0.891. The molecule has 2 aromatic rings. The Kier molecular flexibility index (Phi) is 7.03. The standard InChI is InChI=1S/C27H40N4O2S/c1-27(26(33)28-20-10-6-3-4-7-11-20)19-30-22-14-17-34-24(22)18-23(30)25(32)31(27)16-15-29(2)21-12-8-5-9-13-21/h14,17-18,20-21H,3-13,15-16,19H2,1-2H3,(H,28,33)/t27-/m1/s1. The van der Waals surface area contributed by atoms with Gasteiger partial charge in [0.05, 0.1) is 16.8 Å². The van der Waals surface area contributed by atoms with E-state index in [1.54, 1.807) is 11.3 Å². The Morgan fingerprint density at radius 2 is 1.79 bits per heavy atom. The largest absolute Gasteiger partial charge is 0.351 e. The molecule has 2 aromatic heterocycles. The number of hydrogen-bond donors (Lipinski definition) is 1. The van der Waals surface area contributed by atoms with Gasteiger partial charge in [-0.05, 0) is 57.2 Å². The summed E-state index contributed by atoms with van der Waals surface area (Å²) < 4.78 is 3.21. The van der Waals surface area contributed by atoms with Gasteiger partial charge >= 0.3 is 0 Å². The molecule has 0 saturated heterocycles. The van der Waals surface area contributed by atoms with Gasteiger partial charge < -0.3 is 19.7 Å². The highest BCUT2D eigenvalue weighted by Gasteiger charge is 2.48. The highest BCUT2D eigenvalue weighted by Crippen LogP contribution is 2.35. The Morgan fingerprint density at radius 1 is 1.12 bits per heavy atom. The molecule has 3 heterocycles. The molecule has 6 nitrogen and oxygen atoms in total. The molecule has 186 valence electrons. The molecule has 0 spiro atoms. The van der Waals surface area contributed by atoms with Crippen LogP contribution in [0.15, 0.2) is 17.5 Å². The number of nitrogens with zero attached hydrogens (tertiary/aromatic N) is 3. The van der Waals surface area contributed by atoms with Gasteiger partial charge in [0.15, 0.2) is 0 Å². The summed E-state index contributed by atoms with van der Waals surface area (Å²) in [6.45, 7) is 3.88. The molecule has 0 radical (unpaired) electrons. The van der Waals surface area contributed by atoms with Crippen LogP contribution in [-0.2, 0) is 11.3 Å². The van der Waals surface area contributed by atoms with E-state index >= 15 is 0 Å². The maximum absolute atomic E-state index is 13.9. The van der Waals surface area contributed by atoms with Gasteiger partial charge in [0, 0.05) is 25.2 Å². The van der Waals surface area contributed by atoms with Crippen molar-refractivity contribution in [3.8, 4) is 0 Å².